The first-order chi connectivity index (χ1) is 6.93. The van der Waals surface area contributed by atoms with E-state index in [9.17, 15) is 0 Å². The van der Waals surface area contributed by atoms with Gasteiger partial charge in [-0.3, -0.25) is 4.90 Å². The smallest absolute Gasteiger partial charge is 0.159 e. The number of hydrogen-bond donors (Lipinski definition) is 0. The van der Waals surface area contributed by atoms with Crippen LogP contribution >= 0.6 is 0 Å². The van der Waals surface area contributed by atoms with Gasteiger partial charge in [-0.05, 0) is 19.4 Å². The van der Waals surface area contributed by atoms with E-state index in [1.165, 1.54) is 19.4 Å². The monoisotopic (exact) mass is 188 g/mol. The summed E-state index contributed by atoms with van der Waals surface area (Å²) in [5, 5.41) is 0. The van der Waals surface area contributed by atoms with E-state index in [-0.39, 0.29) is 0 Å². The zero-order valence-corrected chi connectivity index (χ0v) is 7.93. The number of hydrogen-bond acceptors (Lipinski definition) is 4. The molecule has 1 atom stereocenters. The van der Waals surface area contributed by atoms with Gasteiger partial charge in [-0.2, -0.15) is 0 Å². The Balaban J connectivity index is 2.01. The standard InChI is InChI=1S/C10H12N4/c1-2-9-5-12-10-8(4-11-7-13-10)6-14(9)3-1/h4-5,7,9H,1-3,6H2. The molecule has 1 fully saturated rings. The summed E-state index contributed by atoms with van der Waals surface area (Å²) < 4.78 is 0. The quantitative estimate of drug-likeness (QED) is 0.613. The van der Waals surface area contributed by atoms with Gasteiger partial charge in [0.2, 0.25) is 0 Å². The van der Waals surface area contributed by atoms with Crippen molar-refractivity contribution in [3.63, 3.8) is 0 Å². The Bertz CT molecular complexity index is 374. The maximum Gasteiger partial charge on any atom is 0.159 e. The summed E-state index contributed by atoms with van der Waals surface area (Å²) in [4.78, 5) is 15.1. The molecule has 0 aliphatic carbocycles. The fourth-order valence-electron chi connectivity index (χ4n) is 2.17. The van der Waals surface area contributed by atoms with Crippen molar-refractivity contribution in [2.75, 3.05) is 6.54 Å². The van der Waals surface area contributed by atoms with Gasteiger partial charge in [-0.1, -0.05) is 0 Å². The van der Waals surface area contributed by atoms with Gasteiger partial charge in [-0.15, -0.1) is 0 Å². The molecule has 1 aromatic rings. The van der Waals surface area contributed by atoms with Gasteiger partial charge < -0.3 is 0 Å². The fraction of sp³-hybridized carbons (Fsp3) is 0.500. The third-order valence-electron chi connectivity index (χ3n) is 2.92. The summed E-state index contributed by atoms with van der Waals surface area (Å²) in [6.07, 6.45) is 7.98. The van der Waals surface area contributed by atoms with Crippen LogP contribution in [0, 0.1) is 0 Å². The van der Waals surface area contributed by atoms with Crippen LogP contribution in [-0.2, 0) is 6.54 Å². The molecule has 4 heteroatoms. The van der Waals surface area contributed by atoms with E-state index >= 15 is 0 Å². The van der Waals surface area contributed by atoms with Crippen molar-refractivity contribution < 1.29 is 0 Å². The largest absolute Gasteiger partial charge is 0.291 e. The van der Waals surface area contributed by atoms with Gasteiger partial charge in [0.05, 0.1) is 0 Å². The molecule has 4 nitrogen and oxygen atoms in total. The van der Waals surface area contributed by atoms with E-state index in [1.807, 2.05) is 12.4 Å². The summed E-state index contributed by atoms with van der Waals surface area (Å²) in [5.41, 5.74) is 1.15. The third-order valence-corrected chi connectivity index (χ3v) is 2.92. The molecule has 3 heterocycles. The van der Waals surface area contributed by atoms with Crippen molar-refractivity contribution in [1.29, 1.82) is 0 Å². The second-order valence-electron chi connectivity index (χ2n) is 3.83. The van der Waals surface area contributed by atoms with E-state index in [0.717, 1.165) is 17.9 Å². The van der Waals surface area contributed by atoms with Crippen molar-refractivity contribution >= 4 is 12.0 Å². The van der Waals surface area contributed by atoms with Crippen molar-refractivity contribution in [1.82, 2.24) is 14.9 Å². The van der Waals surface area contributed by atoms with Gasteiger partial charge >= 0.3 is 0 Å². The molecule has 0 amide bonds. The fourth-order valence-corrected chi connectivity index (χ4v) is 2.17. The highest BCUT2D eigenvalue weighted by Crippen LogP contribution is 2.25. The normalized spacial score (nSPS) is 25.6. The second-order valence-corrected chi connectivity index (χ2v) is 3.83. The number of nitrogens with zero attached hydrogens (tertiary/aromatic N) is 4. The minimum Gasteiger partial charge on any atom is -0.291 e. The van der Waals surface area contributed by atoms with E-state index in [2.05, 4.69) is 19.9 Å². The van der Waals surface area contributed by atoms with Crippen LogP contribution < -0.4 is 0 Å². The van der Waals surface area contributed by atoms with Crippen molar-refractivity contribution in [3.8, 4) is 0 Å². The molecule has 1 unspecified atom stereocenters. The average Bonchev–Trinajstić information content (AvgIpc) is 2.58. The molecule has 72 valence electrons. The summed E-state index contributed by atoms with van der Waals surface area (Å²) >= 11 is 0. The van der Waals surface area contributed by atoms with Crippen LogP contribution in [0.25, 0.3) is 0 Å². The molecule has 1 saturated heterocycles. The highest BCUT2D eigenvalue weighted by Gasteiger charge is 2.25. The molecule has 2 aliphatic heterocycles. The molecule has 1 aromatic heterocycles. The Labute approximate surface area is 82.7 Å². The van der Waals surface area contributed by atoms with Gasteiger partial charge in [0.15, 0.2) is 5.82 Å². The summed E-state index contributed by atoms with van der Waals surface area (Å²) in [6.45, 7) is 2.12. The predicted octanol–water partition coefficient (Wildman–Crippen LogP) is 1.16. The van der Waals surface area contributed by atoms with E-state index in [1.54, 1.807) is 6.33 Å². The van der Waals surface area contributed by atoms with Crippen molar-refractivity contribution in [3.05, 3.63) is 18.1 Å². The number of rotatable bonds is 0. The summed E-state index contributed by atoms with van der Waals surface area (Å²) in [7, 11) is 0. The van der Waals surface area contributed by atoms with Crippen LogP contribution in [0.1, 0.15) is 18.4 Å². The first-order valence-corrected chi connectivity index (χ1v) is 5.00. The Hall–Kier alpha value is -1.29. The Morgan fingerprint density at radius 1 is 1.43 bits per heavy atom. The lowest BCUT2D eigenvalue weighted by atomic mass is 10.2. The SMILES string of the molecule is C1=Nc2ncncc2CN2CCCC12. The summed E-state index contributed by atoms with van der Waals surface area (Å²) in [6, 6.07) is 0.518. The third kappa shape index (κ3) is 1.23. The topological polar surface area (TPSA) is 41.4 Å². The van der Waals surface area contributed by atoms with Crippen molar-refractivity contribution in [2.45, 2.75) is 25.4 Å². The lowest BCUT2D eigenvalue weighted by Crippen LogP contribution is -2.28. The molecule has 0 spiro atoms. The Morgan fingerprint density at radius 2 is 2.43 bits per heavy atom. The van der Waals surface area contributed by atoms with Gasteiger partial charge in [0.1, 0.15) is 6.33 Å². The van der Waals surface area contributed by atoms with Crippen LogP contribution in [0.5, 0.6) is 0 Å². The van der Waals surface area contributed by atoms with Crippen LogP contribution in [0.15, 0.2) is 17.5 Å². The molecule has 2 aliphatic rings. The predicted molar refractivity (Wildman–Crippen MR) is 53.6 cm³/mol. The number of aromatic nitrogens is 2. The lowest BCUT2D eigenvalue weighted by Gasteiger charge is -2.18. The summed E-state index contributed by atoms with van der Waals surface area (Å²) in [5.74, 6) is 0.842. The molecular formula is C10H12N4. The van der Waals surface area contributed by atoms with Crippen LogP contribution in [0.2, 0.25) is 0 Å². The van der Waals surface area contributed by atoms with E-state index < -0.39 is 0 Å². The van der Waals surface area contributed by atoms with Crippen molar-refractivity contribution in [2.24, 2.45) is 4.99 Å². The van der Waals surface area contributed by atoms with Gasteiger partial charge in [0, 0.05) is 30.6 Å². The lowest BCUT2D eigenvalue weighted by molar-refractivity contribution is 0.300. The van der Waals surface area contributed by atoms with Crippen LogP contribution in [0.3, 0.4) is 0 Å². The zero-order valence-electron chi connectivity index (χ0n) is 7.93. The average molecular weight is 188 g/mol. The molecule has 14 heavy (non-hydrogen) atoms. The molecule has 0 bridgehead atoms. The second kappa shape index (κ2) is 3.13. The molecule has 0 N–H and O–H groups in total. The molecular weight excluding hydrogens is 176 g/mol. The number of fused-ring (bicyclic) bond motifs is 2. The van der Waals surface area contributed by atoms with Gasteiger partial charge in [0.25, 0.3) is 0 Å². The van der Waals surface area contributed by atoms with Crippen LogP contribution in [0.4, 0.5) is 5.82 Å². The molecule has 0 saturated carbocycles. The first kappa shape index (κ1) is 8.05. The highest BCUT2D eigenvalue weighted by atomic mass is 15.2. The maximum absolute atomic E-state index is 4.41. The zero-order chi connectivity index (χ0) is 9.38. The van der Waals surface area contributed by atoms with E-state index in [0.29, 0.717) is 6.04 Å². The molecule has 0 aromatic carbocycles. The Morgan fingerprint density at radius 3 is 3.43 bits per heavy atom. The highest BCUT2D eigenvalue weighted by molar-refractivity contribution is 5.70. The minimum atomic E-state index is 0.518. The maximum atomic E-state index is 4.41. The molecule has 0 radical (unpaired) electrons. The Kier molecular flexibility index (Phi) is 1.80. The molecule has 3 rings (SSSR count). The minimum absolute atomic E-state index is 0.518. The van der Waals surface area contributed by atoms with Gasteiger partial charge in [-0.25, -0.2) is 15.0 Å². The first-order valence-electron chi connectivity index (χ1n) is 5.00. The number of aliphatic imine (C=N–C) groups is 1. The van der Waals surface area contributed by atoms with Crippen LogP contribution in [-0.4, -0.2) is 33.7 Å². The van der Waals surface area contributed by atoms with E-state index in [4.69, 9.17) is 0 Å².